The van der Waals surface area contributed by atoms with Gasteiger partial charge in [-0.2, -0.15) is 0 Å². The molecule has 0 aromatic heterocycles. The molecule has 0 bridgehead atoms. The average Bonchev–Trinajstić information content (AvgIpc) is 2.72. The molecule has 37 heavy (non-hydrogen) atoms. The molecule has 0 saturated carbocycles. The van der Waals surface area contributed by atoms with Crippen LogP contribution in [0.15, 0.2) is 42.5 Å². The third-order valence-corrected chi connectivity index (χ3v) is 11.0. The number of sulfonamides is 1. The summed E-state index contributed by atoms with van der Waals surface area (Å²) in [6.45, 7) is 3.97. The Morgan fingerprint density at radius 3 is 1.73 bits per heavy atom. The van der Waals surface area contributed by atoms with Gasteiger partial charge in [0, 0.05) is 0 Å². The molecule has 2 unspecified atom stereocenters. The van der Waals surface area contributed by atoms with Crippen molar-refractivity contribution in [3.05, 3.63) is 53.6 Å². The van der Waals surface area contributed by atoms with E-state index in [0.29, 0.717) is 6.42 Å². The molecule has 0 amide bonds. The predicted octanol–water partition coefficient (Wildman–Crippen LogP) is 2.30. The van der Waals surface area contributed by atoms with E-state index in [9.17, 15) is 47.3 Å². The third-order valence-electron chi connectivity index (χ3n) is 5.82. The van der Waals surface area contributed by atoms with Crippen molar-refractivity contribution in [3.63, 3.8) is 0 Å². The van der Waals surface area contributed by atoms with Gasteiger partial charge in [-0.15, -0.1) is 0 Å². The van der Waals surface area contributed by atoms with Crippen molar-refractivity contribution >= 4 is 90.0 Å². The van der Waals surface area contributed by atoms with Gasteiger partial charge < -0.3 is 29.8 Å². The van der Waals surface area contributed by atoms with Gasteiger partial charge in [-0.25, -0.2) is 8.42 Å². The van der Waals surface area contributed by atoms with Gasteiger partial charge in [0.1, 0.15) is 11.5 Å². The Morgan fingerprint density at radius 2 is 1.27 bits per heavy atom. The Balaban J connectivity index is 0.00000648. The van der Waals surface area contributed by atoms with Crippen LogP contribution in [0.25, 0.3) is 0 Å². The summed E-state index contributed by atoms with van der Waals surface area (Å²) in [5.74, 6) is -1.27. The van der Waals surface area contributed by atoms with E-state index in [-0.39, 0.29) is 88.1 Å². The maximum absolute atomic E-state index is 12.6. The molecule has 0 aliphatic carbocycles. The number of anilines is 1. The quantitative estimate of drug-likeness (QED) is 0.108. The number of hydrogen-bond acceptors (Lipinski definition) is 6. The Labute approximate surface area is 261 Å². The van der Waals surface area contributed by atoms with E-state index in [1.807, 2.05) is 26.0 Å². The molecule has 0 heterocycles. The van der Waals surface area contributed by atoms with E-state index in [2.05, 4.69) is 4.72 Å². The zero-order chi connectivity index (χ0) is 26.6. The van der Waals surface area contributed by atoms with Gasteiger partial charge in [0.25, 0.3) is 0 Å². The van der Waals surface area contributed by atoms with Crippen LogP contribution in [0.2, 0.25) is 0 Å². The van der Waals surface area contributed by atoms with Gasteiger partial charge >= 0.3 is 74.3 Å². The summed E-state index contributed by atoms with van der Waals surface area (Å²) in [6.07, 6.45) is 0.445. The number of phenolic OH excluding ortho intramolecular Hbond substituents is 2. The van der Waals surface area contributed by atoms with Crippen molar-refractivity contribution in [2.45, 2.75) is 50.3 Å². The minimum absolute atomic E-state index is 0. The first-order valence-corrected chi connectivity index (χ1v) is 15.8. The zero-order valence-corrected chi connectivity index (χ0v) is 21.8. The summed E-state index contributed by atoms with van der Waals surface area (Å²) >= 11 is 0. The van der Waals surface area contributed by atoms with Crippen LogP contribution >= 0.6 is 15.2 Å². The standard InChI is InChI=1S/C21H31NO10P2S.2Na.2H/c1-3-17(14-5-8-16(23)9-6-14)18(4-2)15-7-10-20(24)19(13-15)22-35(31,32)12-11-21(33(25,26)27)34(28,29)30;;;;/h5-10,13,17-18,21-24H,3-4,11-12H2,1-2H3,(H2,25,26,27)(H2,28,29,30);;;;. The topological polar surface area (TPSA) is 202 Å². The molecule has 200 valence electrons. The summed E-state index contributed by atoms with van der Waals surface area (Å²) in [5.41, 5.74) is 1.55. The third kappa shape index (κ3) is 10.9. The zero-order valence-electron chi connectivity index (χ0n) is 19.2. The molecule has 2 atom stereocenters. The first kappa shape index (κ1) is 37.1. The van der Waals surface area contributed by atoms with Crippen molar-refractivity contribution in [1.29, 1.82) is 0 Å². The van der Waals surface area contributed by atoms with Crippen LogP contribution in [0.5, 0.6) is 11.5 Å². The number of hydrogen-bond donors (Lipinski definition) is 7. The molecule has 11 nitrogen and oxygen atoms in total. The summed E-state index contributed by atoms with van der Waals surface area (Å²) < 4.78 is 50.1. The first-order chi connectivity index (χ1) is 16.1. The number of phenols is 2. The molecule has 0 aliphatic heterocycles. The molecule has 7 N–H and O–H groups in total. The molecule has 0 fully saturated rings. The fourth-order valence-electron chi connectivity index (χ4n) is 4.10. The maximum atomic E-state index is 12.6. The predicted molar refractivity (Wildman–Crippen MR) is 146 cm³/mol. The molecule has 2 aromatic rings. The summed E-state index contributed by atoms with van der Waals surface area (Å²) in [7, 11) is -14.9. The fourth-order valence-corrected chi connectivity index (χ4v) is 8.10. The van der Waals surface area contributed by atoms with Gasteiger partial charge in [0.2, 0.25) is 10.0 Å². The average molecular weight is 599 g/mol. The number of benzene rings is 2. The number of nitrogens with one attached hydrogen (secondary N) is 1. The van der Waals surface area contributed by atoms with Crippen molar-refractivity contribution in [3.8, 4) is 11.5 Å². The van der Waals surface area contributed by atoms with Gasteiger partial charge in [-0.3, -0.25) is 13.9 Å². The molecular weight excluding hydrogens is 566 g/mol. The Morgan fingerprint density at radius 1 is 0.811 bits per heavy atom. The van der Waals surface area contributed by atoms with E-state index in [1.54, 1.807) is 18.2 Å². The van der Waals surface area contributed by atoms with E-state index in [0.717, 1.165) is 17.5 Å². The Bertz CT molecular complexity index is 1200. The molecule has 0 aliphatic rings. The normalized spacial score (nSPS) is 13.8. The van der Waals surface area contributed by atoms with Crippen LogP contribution < -0.4 is 4.72 Å². The van der Waals surface area contributed by atoms with E-state index < -0.39 is 42.8 Å². The van der Waals surface area contributed by atoms with Crippen LogP contribution in [0.4, 0.5) is 5.69 Å². The molecule has 0 spiro atoms. The van der Waals surface area contributed by atoms with Gasteiger partial charge in [-0.05, 0) is 66.5 Å². The van der Waals surface area contributed by atoms with E-state index >= 15 is 0 Å². The monoisotopic (exact) mass is 599 g/mol. The second kappa shape index (κ2) is 15.2. The van der Waals surface area contributed by atoms with Crippen LogP contribution in [0, 0.1) is 0 Å². The van der Waals surface area contributed by atoms with E-state index in [4.69, 9.17) is 0 Å². The SMILES string of the molecule is CCC(c1ccc(O)cc1)C(CC)c1ccc(O)c(NS(=O)(=O)CCC(P(=O)(O)O)P(=O)(O)O)c1.[NaH].[NaH]. The second-order valence-electron chi connectivity index (χ2n) is 8.27. The molecule has 16 heteroatoms. The summed E-state index contributed by atoms with van der Waals surface area (Å²) in [4.78, 5) is 36.8. The van der Waals surface area contributed by atoms with Gasteiger partial charge in [0.15, 0.2) is 5.40 Å². The van der Waals surface area contributed by atoms with Crippen molar-refractivity contribution in [2.75, 3.05) is 10.5 Å². The molecule has 0 radical (unpaired) electrons. The molecule has 2 aromatic carbocycles. The van der Waals surface area contributed by atoms with E-state index in [1.165, 1.54) is 12.1 Å². The van der Waals surface area contributed by atoms with Crippen LogP contribution in [-0.4, -0.2) is 108 Å². The summed E-state index contributed by atoms with van der Waals surface area (Å²) in [6, 6.07) is 11.3. The van der Waals surface area contributed by atoms with Crippen molar-refractivity contribution in [1.82, 2.24) is 0 Å². The van der Waals surface area contributed by atoms with Crippen LogP contribution in [0.3, 0.4) is 0 Å². The van der Waals surface area contributed by atoms with Gasteiger partial charge in [0.05, 0.1) is 11.4 Å². The van der Waals surface area contributed by atoms with Crippen molar-refractivity contribution in [2.24, 2.45) is 0 Å². The number of rotatable bonds is 12. The Kier molecular flexibility index (Phi) is 15.2. The molecular formula is C21H33NNa2O10P2S. The van der Waals surface area contributed by atoms with Gasteiger partial charge in [-0.1, -0.05) is 32.0 Å². The minimum atomic E-state index is -5.27. The van der Waals surface area contributed by atoms with Crippen LogP contribution in [0.1, 0.15) is 56.1 Å². The first-order valence-electron chi connectivity index (χ1n) is 10.8. The fraction of sp³-hybridized carbons (Fsp3) is 0.429. The molecule has 0 saturated heterocycles. The number of aromatic hydroxyl groups is 2. The Hall–Kier alpha value is 0.0900. The molecule has 2 rings (SSSR count). The second-order valence-corrected chi connectivity index (χ2v) is 14.1. The van der Waals surface area contributed by atoms with Crippen LogP contribution in [-0.2, 0) is 19.2 Å². The van der Waals surface area contributed by atoms with Crippen molar-refractivity contribution < 1.29 is 47.3 Å². The summed E-state index contributed by atoms with van der Waals surface area (Å²) in [5, 5.41) is 17.4.